The zero-order chi connectivity index (χ0) is 16.6. The standard InChI is InChI=1S/2C6H15NO2.ClH.HNO2/c2*1-8-5-3-7-4-6-9-2;;2-1-3/h2*7H,3-6H2,1-2H3;1H;(H,2,3). The quantitative estimate of drug-likeness (QED) is 0.206. The van der Waals surface area contributed by atoms with Crippen molar-refractivity contribution >= 4 is 0 Å². The van der Waals surface area contributed by atoms with E-state index in [4.69, 9.17) is 29.1 Å². The maximum absolute atomic E-state index is 8.00. The average molecular weight is 350 g/mol. The number of rotatable bonds is 12. The van der Waals surface area contributed by atoms with Gasteiger partial charge in [-0.15, -0.1) is 5.34 Å². The molecule has 0 saturated carbocycles. The molecule has 0 unspecified atom stereocenters. The Labute approximate surface area is 139 Å². The summed E-state index contributed by atoms with van der Waals surface area (Å²) in [6.45, 7) is 7.40. The lowest BCUT2D eigenvalue weighted by atomic mass is 10.6. The molecule has 138 valence electrons. The van der Waals surface area contributed by atoms with E-state index in [1.165, 1.54) is 0 Å². The van der Waals surface area contributed by atoms with Crippen LogP contribution in [0.1, 0.15) is 0 Å². The molecule has 0 aromatic rings. The Balaban J connectivity index is -0.000000120. The van der Waals surface area contributed by atoms with Crippen molar-refractivity contribution in [3.63, 3.8) is 0 Å². The molecule has 0 amide bonds. The van der Waals surface area contributed by atoms with E-state index in [0.717, 1.165) is 57.9 Å². The van der Waals surface area contributed by atoms with Crippen LogP contribution in [-0.4, -0.2) is 81.0 Å². The van der Waals surface area contributed by atoms with Crippen LogP contribution >= 0.6 is 0 Å². The normalized spacial score (nSPS) is 8.73. The second-order valence-corrected chi connectivity index (χ2v) is 3.78. The highest BCUT2D eigenvalue weighted by Crippen LogP contribution is 1.58. The first-order valence-electron chi connectivity index (χ1n) is 6.79. The van der Waals surface area contributed by atoms with Gasteiger partial charge in [0, 0.05) is 28.4 Å². The van der Waals surface area contributed by atoms with Gasteiger partial charge in [-0.1, -0.05) is 0 Å². The average Bonchev–Trinajstić information content (AvgIpc) is 2.49. The van der Waals surface area contributed by atoms with Crippen LogP contribution in [0.4, 0.5) is 0 Å². The summed E-state index contributed by atoms with van der Waals surface area (Å²) in [5.41, 5.74) is 0. The lowest BCUT2D eigenvalue weighted by Crippen LogP contribution is -3.00. The van der Waals surface area contributed by atoms with Crippen LogP contribution in [0.3, 0.4) is 0 Å². The molecule has 0 fully saturated rings. The number of nitrogens with zero attached hydrogens (tertiary/aromatic N) is 1. The molecule has 0 radical (unpaired) electrons. The lowest BCUT2D eigenvalue weighted by Gasteiger charge is -1.98. The fourth-order valence-electron chi connectivity index (χ4n) is 1.09. The predicted molar refractivity (Wildman–Crippen MR) is 80.0 cm³/mol. The van der Waals surface area contributed by atoms with E-state index in [1.807, 2.05) is 0 Å². The molecule has 4 N–H and O–H groups in total. The third kappa shape index (κ3) is 50.5. The molecular formula is C12H32ClN3O6. The highest BCUT2D eigenvalue weighted by molar-refractivity contribution is 4.22. The zero-order valence-electron chi connectivity index (χ0n) is 14.1. The molecule has 9 nitrogen and oxygen atoms in total. The molecule has 0 aromatic heterocycles. The van der Waals surface area contributed by atoms with Crippen LogP contribution in [0, 0.1) is 10.1 Å². The highest BCUT2D eigenvalue weighted by Gasteiger charge is 1.87. The van der Waals surface area contributed by atoms with Crippen LogP contribution in [0.25, 0.3) is 0 Å². The van der Waals surface area contributed by atoms with Gasteiger partial charge in [0.2, 0.25) is 0 Å². The van der Waals surface area contributed by atoms with Gasteiger partial charge < -0.3 is 52.1 Å². The van der Waals surface area contributed by atoms with E-state index in [2.05, 4.69) is 10.6 Å². The van der Waals surface area contributed by atoms with E-state index in [-0.39, 0.29) is 12.4 Å². The van der Waals surface area contributed by atoms with E-state index in [9.17, 15) is 0 Å². The smallest absolute Gasteiger partial charge is 0.0993 e. The molecule has 10 heteroatoms. The number of methoxy groups -OCH3 is 4. The largest absolute Gasteiger partial charge is 1.00 e. The Hall–Kier alpha value is -0.550. The monoisotopic (exact) mass is 349 g/mol. The second kappa shape index (κ2) is 37.1. The molecule has 0 saturated heterocycles. The molecule has 0 aromatic carbocycles. The predicted octanol–water partition coefficient (Wildman–Crippen LogP) is -5.06. The number of hydrogen-bond acceptors (Lipinski definition) is 7. The van der Waals surface area contributed by atoms with Crippen LogP contribution < -0.4 is 23.0 Å². The zero-order valence-corrected chi connectivity index (χ0v) is 14.8. The maximum atomic E-state index is 8.00. The molecule has 0 atom stereocenters. The number of halogens is 1. The van der Waals surface area contributed by atoms with Crippen molar-refractivity contribution in [3.05, 3.63) is 10.1 Å². The highest BCUT2D eigenvalue weighted by atomic mass is 35.5. The van der Waals surface area contributed by atoms with E-state index < -0.39 is 0 Å². The Kier molecular flexibility index (Phi) is 49.6. The topological polar surface area (TPSA) is 123 Å². The van der Waals surface area contributed by atoms with E-state index in [1.54, 1.807) is 28.4 Å². The molecule has 0 spiro atoms. The summed E-state index contributed by atoms with van der Waals surface area (Å²) in [4.78, 5) is 8.00. The minimum atomic E-state index is 0. The summed E-state index contributed by atoms with van der Waals surface area (Å²) in [6.07, 6.45) is 0. The fourth-order valence-corrected chi connectivity index (χ4v) is 1.09. The van der Waals surface area contributed by atoms with Crippen molar-refractivity contribution < 1.29 is 42.0 Å². The molecule has 22 heavy (non-hydrogen) atoms. The summed E-state index contributed by atoms with van der Waals surface area (Å²) in [5, 5.41) is 13.3. The lowest BCUT2D eigenvalue weighted by molar-refractivity contribution is -0.657. The SMILES string of the molecule is COCC[NH2+]CCOC.COCC[NH2+]CCOC.O=N[O-].[Cl-]. The van der Waals surface area contributed by atoms with Gasteiger partial charge in [0.1, 0.15) is 0 Å². The fraction of sp³-hybridized carbons (Fsp3) is 1.00. The first kappa shape index (κ1) is 29.5. The van der Waals surface area contributed by atoms with Gasteiger partial charge in [-0.05, 0) is 0 Å². The van der Waals surface area contributed by atoms with Crippen LogP contribution in [0.5, 0.6) is 0 Å². The van der Waals surface area contributed by atoms with Crippen molar-refractivity contribution in [3.8, 4) is 0 Å². The molecule has 0 heterocycles. The Morgan fingerprint density at radius 3 is 1.05 bits per heavy atom. The van der Waals surface area contributed by atoms with Gasteiger partial charge in [0.25, 0.3) is 0 Å². The summed E-state index contributed by atoms with van der Waals surface area (Å²) in [7, 11) is 6.85. The summed E-state index contributed by atoms with van der Waals surface area (Å²) < 4.78 is 19.4. The summed E-state index contributed by atoms with van der Waals surface area (Å²) >= 11 is 0. The van der Waals surface area contributed by atoms with Crippen LogP contribution in [0.15, 0.2) is 5.34 Å². The third-order valence-corrected chi connectivity index (χ3v) is 2.10. The number of nitrogens with two attached hydrogens (primary N) is 2. The molecular weight excluding hydrogens is 318 g/mol. The van der Waals surface area contributed by atoms with Gasteiger partial charge in [-0.2, -0.15) is 0 Å². The van der Waals surface area contributed by atoms with E-state index >= 15 is 0 Å². The molecule has 0 bridgehead atoms. The van der Waals surface area contributed by atoms with Crippen molar-refractivity contribution in [2.75, 3.05) is 81.0 Å². The van der Waals surface area contributed by atoms with Gasteiger partial charge in [-0.25, -0.2) is 0 Å². The van der Waals surface area contributed by atoms with Crippen LogP contribution in [0.2, 0.25) is 0 Å². The maximum Gasteiger partial charge on any atom is 0.0993 e. The van der Waals surface area contributed by atoms with E-state index in [0.29, 0.717) is 0 Å². The van der Waals surface area contributed by atoms with Crippen molar-refractivity contribution in [2.45, 2.75) is 0 Å². The second-order valence-electron chi connectivity index (χ2n) is 3.78. The summed E-state index contributed by atoms with van der Waals surface area (Å²) in [6, 6.07) is 0. The minimum Gasteiger partial charge on any atom is -1.00 e. The summed E-state index contributed by atoms with van der Waals surface area (Å²) in [5.74, 6) is 0. The molecule has 0 aliphatic heterocycles. The van der Waals surface area contributed by atoms with Gasteiger partial charge >= 0.3 is 0 Å². The first-order chi connectivity index (χ1) is 10.2. The Morgan fingerprint density at radius 1 is 0.727 bits per heavy atom. The van der Waals surface area contributed by atoms with Crippen molar-refractivity contribution in [1.82, 2.24) is 0 Å². The first-order valence-corrected chi connectivity index (χ1v) is 6.79. The van der Waals surface area contributed by atoms with Gasteiger partial charge in [0.15, 0.2) is 0 Å². The number of quaternary nitrogens is 2. The number of hydrogen-bond donors (Lipinski definition) is 2. The Bertz CT molecular complexity index is 146. The Morgan fingerprint density at radius 2 is 0.909 bits per heavy atom. The molecule has 0 aliphatic carbocycles. The molecule has 0 rings (SSSR count). The van der Waals surface area contributed by atoms with Crippen molar-refractivity contribution in [2.24, 2.45) is 5.34 Å². The third-order valence-electron chi connectivity index (χ3n) is 2.10. The van der Waals surface area contributed by atoms with Gasteiger partial charge in [-0.3, -0.25) is 0 Å². The number of ether oxygens (including phenoxy) is 4. The van der Waals surface area contributed by atoms with Gasteiger partial charge in [0.05, 0.1) is 52.6 Å². The van der Waals surface area contributed by atoms with Crippen LogP contribution in [-0.2, 0) is 18.9 Å². The molecule has 0 aliphatic rings. The minimum absolute atomic E-state index is 0. The van der Waals surface area contributed by atoms with Crippen molar-refractivity contribution in [1.29, 1.82) is 0 Å².